The van der Waals surface area contributed by atoms with Gasteiger partial charge in [0.25, 0.3) is 0 Å². The lowest BCUT2D eigenvalue weighted by Gasteiger charge is -2.44. The summed E-state index contributed by atoms with van der Waals surface area (Å²) in [5.74, 6) is 1.38. The van der Waals surface area contributed by atoms with Crippen molar-refractivity contribution in [1.82, 2.24) is 0 Å². The lowest BCUT2D eigenvalue weighted by atomic mass is 9.64. The van der Waals surface area contributed by atoms with E-state index in [1.807, 2.05) is 6.08 Å². The number of ether oxygens (including phenoxy) is 1. The molecule has 1 aromatic rings. The van der Waals surface area contributed by atoms with Crippen molar-refractivity contribution < 1.29 is 9.53 Å². The van der Waals surface area contributed by atoms with Crippen LogP contribution in [-0.2, 0) is 14.9 Å². The molecule has 1 aromatic carbocycles. The fourth-order valence-corrected chi connectivity index (χ4v) is 4.35. The Kier molecular flexibility index (Phi) is 4.85. The summed E-state index contributed by atoms with van der Waals surface area (Å²) in [6, 6.07) is 10.7. The lowest BCUT2D eigenvalue weighted by Crippen LogP contribution is -2.43. The smallest absolute Gasteiger partial charge is 0.309 e. The highest BCUT2D eigenvalue weighted by atomic mass is 16.5. The van der Waals surface area contributed by atoms with Crippen LogP contribution in [0.2, 0.25) is 0 Å². The standard InChI is InChI=1S/C22H30O2/c1-5-16-14-18(16)21(23)24-20-13-15(2)11-12-19(20)22(3,4)17-9-7-6-8-10-17/h5-10,15-16,18-20H,1,11-14H2,2-4H3/t15-,16+,18+,19-,20-/m1/s1. The van der Waals surface area contributed by atoms with Crippen molar-refractivity contribution in [3.05, 3.63) is 48.6 Å². The van der Waals surface area contributed by atoms with Crippen LogP contribution in [0.4, 0.5) is 0 Å². The highest BCUT2D eigenvalue weighted by Gasteiger charge is 2.46. The van der Waals surface area contributed by atoms with E-state index in [1.165, 1.54) is 12.0 Å². The molecule has 0 aliphatic heterocycles. The van der Waals surface area contributed by atoms with E-state index in [2.05, 4.69) is 57.7 Å². The van der Waals surface area contributed by atoms with Crippen LogP contribution in [0.25, 0.3) is 0 Å². The molecule has 0 radical (unpaired) electrons. The first-order valence-electron chi connectivity index (χ1n) is 9.32. The Morgan fingerprint density at radius 2 is 1.92 bits per heavy atom. The van der Waals surface area contributed by atoms with Gasteiger partial charge in [0.2, 0.25) is 0 Å². The van der Waals surface area contributed by atoms with Crippen LogP contribution in [0.3, 0.4) is 0 Å². The van der Waals surface area contributed by atoms with Gasteiger partial charge in [-0.05, 0) is 42.1 Å². The Hall–Kier alpha value is -1.57. The summed E-state index contributed by atoms with van der Waals surface area (Å²) in [4.78, 5) is 12.5. The minimum absolute atomic E-state index is 0.00661. The van der Waals surface area contributed by atoms with Crippen molar-refractivity contribution in [1.29, 1.82) is 0 Å². The minimum atomic E-state index is -0.00661. The molecule has 0 aromatic heterocycles. The Labute approximate surface area is 146 Å². The van der Waals surface area contributed by atoms with Gasteiger partial charge in [-0.15, -0.1) is 6.58 Å². The predicted octanol–water partition coefficient (Wildman–Crippen LogP) is 5.13. The van der Waals surface area contributed by atoms with E-state index in [0.29, 0.717) is 17.8 Å². The maximum absolute atomic E-state index is 12.5. The molecule has 0 amide bonds. The summed E-state index contributed by atoms with van der Waals surface area (Å²) >= 11 is 0. The van der Waals surface area contributed by atoms with E-state index >= 15 is 0 Å². The van der Waals surface area contributed by atoms with Crippen molar-refractivity contribution in [3.63, 3.8) is 0 Å². The number of benzene rings is 1. The summed E-state index contributed by atoms with van der Waals surface area (Å²) in [6.07, 6.45) is 6.16. The molecule has 2 saturated carbocycles. The molecular formula is C22H30O2. The fourth-order valence-electron chi connectivity index (χ4n) is 4.35. The molecule has 5 atom stereocenters. The first kappa shape index (κ1) is 17.3. The molecule has 0 N–H and O–H groups in total. The normalized spacial score (nSPS) is 32.9. The monoisotopic (exact) mass is 326 g/mol. The lowest BCUT2D eigenvalue weighted by molar-refractivity contribution is -0.158. The van der Waals surface area contributed by atoms with Crippen molar-refractivity contribution in [3.8, 4) is 0 Å². The van der Waals surface area contributed by atoms with Crippen LogP contribution in [0.15, 0.2) is 43.0 Å². The quantitative estimate of drug-likeness (QED) is 0.553. The molecule has 24 heavy (non-hydrogen) atoms. The van der Waals surface area contributed by atoms with Crippen molar-refractivity contribution in [2.45, 2.75) is 58.0 Å². The zero-order valence-electron chi connectivity index (χ0n) is 15.2. The zero-order valence-corrected chi connectivity index (χ0v) is 15.2. The zero-order chi connectivity index (χ0) is 17.3. The van der Waals surface area contributed by atoms with Gasteiger partial charge in [-0.3, -0.25) is 4.79 Å². The number of carbonyl (C=O) groups is 1. The first-order chi connectivity index (χ1) is 11.4. The molecule has 0 unspecified atom stereocenters. The van der Waals surface area contributed by atoms with E-state index in [-0.39, 0.29) is 23.4 Å². The molecule has 2 aliphatic carbocycles. The van der Waals surface area contributed by atoms with Crippen LogP contribution >= 0.6 is 0 Å². The SMILES string of the molecule is C=C[C@H]1C[C@@H]1C(=O)O[C@@H]1C[C@H](C)CC[C@H]1C(C)(C)c1ccccc1. The highest BCUT2D eigenvalue weighted by molar-refractivity contribution is 5.76. The average Bonchev–Trinajstić information content (AvgIpc) is 3.35. The predicted molar refractivity (Wildman–Crippen MR) is 97.6 cm³/mol. The molecule has 0 saturated heterocycles. The van der Waals surface area contributed by atoms with Crippen LogP contribution in [0, 0.1) is 23.7 Å². The van der Waals surface area contributed by atoms with Crippen molar-refractivity contribution in [2.24, 2.45) is 23.7 Å². The van der Waals surface area contributed by atoms with Gasteiger partial charge < -0.3 is 4.74 Å². The Balaban J connectivity index is 1.76. The molecular weight excluding hydrogens is 296 g/mol. The maximum Gasteiger partial charge on any atom is 0.309 e. The third-order valence-electron chi connectivity index (χ3n) is 6.21. The number of allylic oxidation sites excluding steroid dienone is 1. The van der Waals surface area contributed by atoms with E-state index in [4.69, 9.17) is 4.74 Å². The van der Waals surface area contributed by atoms with E-state index in [1.54, 1.807) is 0 Å². The van der Waals surface area contributed by atoms with Crippen molar-refractivity contribution in [2.75, 3.05) is 0 Å². The molecule has 130 valence electrons. The first-order valence-corrected chi connectivity index (χ1v) is 9.32. The van der Waals surface area contributed by atoms with Gasteiger partial charge in [0.1, 0.15) is 6.10 Å². The summed E-state index contributed by atoms with van der Waals surface area (Å²) < 4.78 is 6.05. The van der Waals surface area contributed by atoms with Gasteiger partial charge in [-0.1, -0.05) is 63.6 Å². The Morgan fingerprint density at radius 3 is 2.54 bits per heavy atom. The number of hydrogen-bond donors (Lipinski definition) is 0. The number of carbonyl (C=O) groups excluding carboxylic acids is 1. The third kappa shape index (κ3) is 3.43. The second kappa shape index (κ2) is 6.74. The van der Waals surface area contributed by atoms with Gasteiger partial charge in [0, 0.05) is 5.92 Å². The van der Waals surface area contributed by atoms with Gasteiger partial charge in [0.15, 0.2) is 0 Å². The second-order valence-electron chi connectivity index (χ2n) is 8.33. The fraction of sp³-hybridized carbons (Fsp3) is 0.591. The van der Waals surface area contributed by atoms with Crippen LogP contribution in [0.5, 0.6) is 0 Å². The number of rotatable bonds is 5. The molecule has 3 rings (SSSR count). The third-order valence-corrected chi connectivity index (χ3v) is 6.21. The molecule has 2 nitrogen and oxygen atoms in total. The van der Waals surface area contributed by atoms with E-state index < -0.39 is 0 Å². The minimum Gasteiger partial charge on any atom is -0.462 e. The summed E-state index contributed by atoms with van der Waals surface area (Å²) in [6.45, 7) is 10.7. The van der Waals surface area contributed by atoms with Crippen LogP contribution < -0.4 is 0 Å². The van der Waals surface area contributed by atoms with Crippen LogP contribution in [0.1, 0.15) is 52.0 Å². The Bertz CT molecular complexity index is 589. The molecule has 0 spiro atoms. The number of hydrogen-bond acceptors (Lipinski definition) is 2. The van der Waals surface area contributed by atoms with Crippen molar-refractivity contribution >= 4 is 5.97 Å². The topological polar surface area (TPSA) is 26.3 Å². The number of esters is 1. The average molecular weight is 326 g/mol. The molecule has 0 heterocycles. The maximum atomic E-state index is 12.5. The van der Waals surface area contributed by atoms with E-state index in [0.717, 1.165) is 19.3 Å². The van der Waals surface area contributed by atoms with Gasteiger partial charge in [0.05, 0.1) is 5.92 Å². The van der Waals surface area contributed by atoms with Gasteiger partial charge in [-0.2, -0.15) is 0 Å². The van der Waals surface area contributed by atoms with Crippen LogP contribution in [-0.4, -0.2) is 12.1 Å². The highest BCUT2D eigenvalue weighted by Crippen LogP contribution is 2.46. The molecule has 2 fully saturated rings. The Morgan fingerprint density at radius 1 is 1.21 bits per heavy atom. The summed E-state index contributed by atoms with van der Waals surface area (Å²) in [5, 5.41) is 0. The van der Waals surface area contributed by atoms with Gasteiger partial charge >= 0.3 is 5.97 Å². The molecule has 0 bridgehead atoms. The largest absolute Gasteiger partial charge is 0.462 e. The molecule has 2 heteroatoms. The summed E-state index contributed by atoms with van der Waals surface area (Å²) in [5.41, 5.74) is 1.34. The van der Waals surface area contributed by atoms with Gasteiger partial charge in [-0.25, -0.2) is 0 Å². The molecule has 2 aliphatic rings. The second-order valence-corrected chi connectivity index (χ2v) is 8.33. The van der Waals surface area contributed by atoms with E-state index in [9.17, 15) is 4.79 Å². The summed E-state index contributed by atoms with van der Waals surface area (Å²) in [7, 11) is 0.